The monoisotopic (exact) mass is 252 g/mol. The summed E-state index contributed by atoms with van der Waals surface area (Å²) in [6, 6.07) is 2.34. The molecule has 1 aliphatic rings. The van der Waals surface area contributed by atoms with E-state index in [2.05, 4.69) is 11.4 Å². The molecule has 0 atom stereocenters. The maximum Gasteiger partial charge on any atom is 0.0683 e. The highest BCUT2D eigenvalue weighted by molar-refractivity contribution is 4.92. The predicted octanol–water partition coefficient (Wildman–Crippen LogP) is 2.99. The first-order valence-electron chi connectivity index (χ1n) is 7.31. The molecule has 0 aromatic heterocycles. The van der Waals surface area contributed by atoms with E-state index in [4.69, 9.17) is 5.26 Å². The number of rotatable bonds is 7. The van der Waals surface area contributed by atoms with Gasteiger partial charge in [-0.1, -0.05) is 25.7 Å². The number of unbranched alkanes of at least 4 members (excludes halogenated alkanes) is 1. The van der Waals surface area contributed by atoms with Crippen LogP contribution in [0.15, 0.2) is 0 Å². The van der Waals surface area contributed by atoms with Crippen LogP contribution in [0.3, 0.4) is 0 Å². The van der Waals surface area contributed by atoms with Crippen LogP contribution >= 0.6 is 0 Å². The second-order valence-corrected chi connectivity index (χ2v) is 6.38. The van der Waals surface area contributed by atoms with Crippen LogP contribution in [0.2, 0.25) is 0 Å². The van der Waals surface area contributed by atoms with Gasteiger partial charge in [0.1, 0.15) is 0 Å². The molecule has 0 aromatic carbocycles. The lowest BCUT2D eigenvalue weighted by Crippen LogP contribution is -2.50. The summed E-state index contributed by atoms with van der Waals surface area (Å²) in [5.74, 6) is 0. The minimum absolute atomic E-state index is 0.0109. The van der Waals surface area contributed by atoms with Crippen molar-refractivity contribution in [3.05, 3.63) is 0 Å². The summed E-state index contributed by atoms with van der Waals surface area (Å²) < 4.78 is 0. The van der Waals surface area contributed by atoms with Gasteiger partial charge < -0.3 is 10.4 Å². The van der Waals surface area contributed by atoms with Gasteiger partial charge in [-0.15, -0.1) is 0 Å². The highest BCUT2D eigenvalue weighted by Crippen LogP contribution is 2.28. The lowest BCUT2D eigenvalue weighted by atomic mass is 9.82. The van der Waals surface area contributed by atoms with Crippen molar-refractivity contribution >= 4 is 0 Å². The molecular formula is C15H28N2O. The van der Waals surface area contributed by atoms with Crippen molar-refractivity contribution in [3.8, 4) is 6.07 Å². The molecule has 0 aromatic rings. The second kappa shape index (κ2) is 7.11. The zero-order chi connectivity index (χ0) is 13.5. The zero-order valence-corrected chi connectivity index (χ0v) is 12.0. The molecule has 1 fully saturated rings. The van der Waals surface area contributed by atoms with Crippen LogP contribution < -0.4 is 5.32 Å². The third-order valence-electron chi connectivity index (χ3n) is 4.14. The van der Waals surface area contributed by atoms with Gasteiger partial charge in [0.25, 0.3) is 0 Å². The number of nitriles is 1. The Morgan fingerprint density at radius 2 is 1.89 bits per heavy atom. The Balaban J connectivity index is 2.18. The minimum atomic E-state index is -0.195. The summed E-state index contributed by atoms with van der Waals surface area (Å²) in [5.41, 5.74) is -0.206. The molecule has 0 amide bonds. The van der Waals surface area contributed by atoms with Crippen molar-refractivity contribution in [2.75, 3.05) is 13.2 Å². The van der Waals surface area contributed by atoms with E-state index in [1.807, 2.05) is 13.8 Å². The van der Waals surface area contributed by atoms with Crippen molar-refractivity contribution in [1.29, 1.82) is 5.26 Å². The molecule has 3 nitrogen and oxygen atoms in total. The minimum Gasteiger partial charge on any atom is -0.394 e. The molecule has 18 heavy (non-hydrogen) atoms. The summed E-state index contributed by atoms with van der Waals surface area (Å²) in [6.45, 7) is 5.21. The highest BCUT2D eigenvalue weighted by atomic mass is 16.3. The zero-order valence-electron chi connectivity index (χ0n) is 12.0. The van der Waals surface area contributed by atoms with Gasteiger partial charge >= 0.3 is 0 Å². The van der Waals surface area contributed by atoms with Gasteiger partial charge in [0.05, 0.1) is 18.1 Å². The topological polar surface area (TPSA) is 56.0 Å². The first-order chi connectivity index (χ1) is 8.54. The van der Waals surface area contributed by atoms with E-state index in [0.29, 0.717) is 0 Å². The summed E-state index contributed by atoms with van der Waals surface area (Å²) in [5, 5.41) is 22.1. The van der Waals surface area contributed by atoms with Crippen molar-refractivity contribution < 1.29 is 5.11 Å². The van der Waals surface area contributed by atoms with Crippen LogP contribution in [0, 0.1) is 16.7 Å². The Kier molecular flexibility index (Phi) is 6.11. The van der Waals surface area contributed by atoms with Crippen LogP contribution in [0.1, 0.15) is 65.2 Å². The van der Waals surface area contributed by atoms with E-state index in [1.165, 1.54) is 19.3 Å². The molecule has 3 heteroatoms. The van der Waals surface area contributed by atoms with Crippen LogP contribution in [-0.2, 0) is 0 Å². The Morgan fingerprint density at radius 3 is 2.44 bits per heavy atom. The summed E-state index contributed by atoms with van der Waals surface area (Å²) >= 11 is 0. The van der Waals surface area contributed by atoms with Gasteiger partial charge in [0.15, 0.2) is 0 Å². The number of nitrogens with zero attached hydrogens (tertiary/aromatic N) is 1. The van der Waals surface area contributed by atoms with Gasteiger partial charge in [0.2, 0.25) is 0 Å². The number of nitrogens with one attached hydrogen (secondary N) is 1. The molecule has 0 saturated heterocycles. The third-order valence-corrected chi connectivity index (χ3v) is 4.14. The fourth-order valence-electron chi connectivity index (χ4n) is 2.72. The van der Waals surface area contributed by atoms with Crippen molar-refractivity contribution in [1.82, 2.24) is 5.32 Å². The quantitative estimate of drug-likeness (QED) is 0.685. The van der Waals surface area contributed by atoms with E-state index >= 15 is 0 Å². The summed E-state index contributed by atoms with van der Waals surface area (Å²) in [6.07, 6.45) is 9.10. The molecule has 0 unspecified atom stereocenters. The Bertz CT molecular complexity index is 275. The highest BCUT2D eigenvalue weighted by Gasteiger charge is 2.30. The number of aliphatic hydroxyl groups excluding tert-OH is 1. The molecule has 0 aliphatic heterocycles. The van der Waals surface area contributed by atoms with E-state index < -0.39 is 0 Å². The van der Waals surface area contributed by atoms with Crippen LogP contribution in [-0.4, -0.2) is 23.8 Å². The van der Waals surface area contributed by atoms with E-state index in [1.54, 1.807) is 0 Å². The fourth-order valence-corrected chi connectivity index (χ4v) is 2.72. The smallest absolute Gasteiger partial charge is 0.0683 e. The third kappa shape index (κ3) is 4.96. The van der Waals surface area contributed by atoms with Crippen LogP contribution in [0.4, 0.5) is 0 Å². The Hall–Kier alpha value is -0.590. The Labute approximate surface area is 112 Å². The van der Waals surface area contributed by atoms with Gasteiger partial charge in [0, 0.05) is 5.54 Å². The molecule has 1 aliphatic carbocycles. The summed E-state index contributed by atoms with van der Waals surface area (Å²) in [7, 11) is 0. The second-order valence-electron chi connectivity index (χ2n) is 6.38. The predicted molar refractivity (Wildman–Crippen MR) is 74.1 cm³/mol. The molecule has 0 radical (unpaired) electrons. The van der Waals surface area contributed by atoms with E-state index in [0.717, 1.165) is 38.6 Å². The largest absolute Gasteiger partial charge is 0.394 e. The number of hydrogen-bond donors (Lipinski definition) is 2. The lowest BCUT2D eigenvalue weighted by molar-refractivity contribution is 0.120. The van der Waals surface area contributed by atoms with Gasteiger partial charge in [-0.25, -0.2) is 0 Å². The standard InChI is InChI=1S/C15H28N2O/c1-14(2,12-16)8-6-7-11-17-15(13-18)9-4-3-5-10-15/h17-18H,3-11,13H2,1-2H3. The average Bonchev–Trinajstić information content (AvgIpc) is 2.39. The van der Waals surface area contributed by atoms with Gasteiger partial charge in [-0.05, 0) is 46.1 Å². The number of hydrogen-bond acceptors (Lipinski definition) is 3. The lowest BCUT2D eigenvalue weighted by Gasteiger charge is -2.36. The molecule has 0 heterocycles. The van der Waals surface area contributed by atoms with Crippen LogP contribution in [0.25, 0.3) is 0 Å². The number of aliphatic hydroxyl groups is 1. The maximum absolute atomic E-state index is 9.56. The first-order valence-corrected chi connectivity index (χ1v) is 7.31. The van der Waals surface area contributed by atoms with Crippen molar-refractivity contribution in [2.45, 2.75) is 70.8 Å². The van der Waals surface area contributed by atoms with Crippen molar-refractivity contribution in [2.24, 2.45) is 5.41 Å². The first kappa shape index (κ1) is 15.5. The molecule has 1 saturated carbocycles. The molecule has 0 spiro atoms. The SMILES string of the molecule is CC(C)(C#N)CCCCNC1(CO)CCCCC1. The van der Waals surface area contributed by atoms with Crippen LogP contribution in [0.5, 0.6) is 0 Å². The van der Waals surface area contributed by atoms with E-state index in [9.17, 15) is 5.11 Å². The molecule has 0 bridgehead atoms. The average molecular weight is 252 g/mol. The molecular weight excluding hydrogens is 224 g/mol. The molecule has 104 valence electrons. The normalized spacial score (nSPS) is 19.4. The fraction of sp³-hybridized carbons (Fsp3) is 0.933. The van der Waals surface area contributed by atoms with Gasteiger partial charge in [-0.2, -0.15) is 5.26 Å². The molecule has 1 rings (SSSR count). The Morgan fingerprint density at radius 1 is 1.22 bits per heavy atom. The summed E-state index contributed by atoms with van der Waals surface area (Å²) in [4.78, 5) is 0. The van der Waals surface area contributed by atoms with E-state index in [-0.39, 0.29) is 17.6 Å². The van der Waals surface area contributed by atoms with Gasteiger partial charge in [-0.3, -0.25) is 0 Å². The molecule has 2 N–H and O–H groups in total. The van der Waals surface area contributed by atoms with Crippen molar-refractivity contribution in [3.63, 3.8) is 0 Å². The maximum atomic E-state index is 9.56.